The maximum Gasteiger partial charge on any atom is 0.166 e. The molecule has 0 spiro atoms. The van der Waals surface area contributed by atoms with Crippen LogP contribution in [0.4, 0.5) is 10.2 Å². The molecule has 1 aromatic rings. The van der Waals surface area contributed by atoms with Crippen LogP contribution in [0.5, 0.6) is 0 Å². The van der Waals surface area contributed by atoms with E-state index in [2.05, 4.69) is 24.1 Å². The number of anilines is 1. The lowest BCUT2D eigenvalue weighted by Gasteiger charge is -2.34. The Hall–Kier alpha value is -0.830. The predicted molar refractivity (Wildman–Crippen MR) is 68.9 cm³/mol. The van der Waals surface area contributed by atoms with Crippen LogP contribution in [0.15, 0.2) is 12.3 Å². The zero-order valence-electron chi connectivity index (χ0n) is 10.3. The smallest absolute Gasteiger partial charge is 0.166 e. The maximum atomic E-state index is 13.5. The van der Waals surface area contributed by atoms with Gasteiger partial charge in [0.25, 0.3) is 0 Å². The number of rotatable bonds is 2. The van der Waals surface area contributed by atoms with Crippen molar-refractivity contribution in [2.24, 2.45) is 5.41 Å². The van der Waals surface area contributed by atoms with Crippen LogP contribution in [0, 0.1) is 11.2 Å². The predicted octanol–water partition coefficient (Wildman–Crippen LogP) is 4.25. The molecule has 1 aliphatic rings. The van der Waals surface area contributed by atoms with Gasteiger partial charge in [0.1, 0.15) is 0 Å². The Morgan fingerprint density at radius 2 is 2.06 bits per heavy atom. The van der Waals surface area contributed by atoms with Gasteiger partial charge in [0.2, 0.25) is 0 Å². The van der Waals surface area contributed by atoms with Gasteiger partial charge in [0, 0.05) is 12.2 Å². The van der Waals surface area contributed by atoms with E-state index in [1.807, 2.05) is 0 Å². The van der Waals surface area contributed by atoms with Crippen molar-refractivity contribution in [2.45, 2.75) is 45.6 Å². The van der Waals surface area contributed by atoms with Gasteiger partial charge in [-0.05, 0) is 37.2 Å². The van der Waals surface area contributed by atoms with Gasteiger partial charge in [-0.15, -0.1) is 0 Å². The summed E-state index contributed by atoms with van der Waals surface area (Å²) in [7, 11) is 0. The average Bonchev–Trinajstić information content (AvgIpc) is 2.25. The Kier molecular flexibility index (Phi) is 3.57. The maximum absolute atomic E-state index is 13.5. The minimum atomic E-state index is -0.373. The van der Waals surface area contributed by atoms with Crippen LogP contribution in [0.25, 0.3) is 0 Å². The first kappa shape index (κ1) is 12.6. The van der Waals surface area contributed by atoms with Crippen molar-refractivity contribution in [3.63, 3.8) is 0 Å². The number of hydrogen-bond acceptors (Lipinski definition) is 2. The number of nitrogens with one attached hydrogen (secondary N) is 1. The lowest BCUT2D eigenvalue weighted by molar-refractivity contribution is 0.232. The third-order valence-corrected chi connectivity index (χ3v) is 3.69. The van der Waals surface area contributed by atoms with Crippen molar-refractivity contribution in [1.29, 1.82) is 0 Å². The second kappa shape index (κ2) is 4.81. The molecule has 1 N–H and O–H groups in total. The third-order valence-electron chi connectivity index (χ3n) is 3.49. The molecular formula is C13H18ClFN2. The van der Waals surface area contributed by atoms with Crippen LogP contribution in [-0.2, 0) is 0 Å². The third kappa shape index (κ3) is 3.32. The van der Waals surface area contributed by atoms with E-state index in [1.165, 1.54) is 25.1 Å². The van der Waals surface area contributed by atoms with Crippen molar-refractivity contribution in [2.75, 3.05) is 5.32 Å². The molecule has 17 heavy (non-hydrogen) atoms. The Bertz CT molecular complexity index is 396. The standard InChI is InChI=1S/C13H18ClFN2/c1-13(2)5-3-10(4-6-13)17-12-11(15)7-9(14)8-16-12/h7-8,10H,3-6H2,1-2H3,(H,16,17). The first-order chi connectivity index (χ1) is 7.96. The van der Waals surface area contributed by atoms with Crippen LogP contribution in [0.2, 0.25) is 5.02 Å². The molecule has 2 nitrogen and oxygen atoms in total. The van der Waals surface area contributed by atoms with Gasteiger partial charge in [0.15, 0.2) is 11.6 Å². The van der Waals surface area contributed by atoms with E-state index in [0.717, 1.165) is 12.8 Å². The zero-order valence-corrected chi connectivity index (χ0v) is 11.0. The molecule has 4 heteroatoms. The molecule has 0 unspecified atom stereocenters. The Morgan fingerprint density at radius 3 is 2.65 bits per heavy atom. The lowest BCUT2D eigenvalue weighted by Crippen LogP contribution is -2.30. The SMILES string of the molecule is CC1(C)CCC(Nc2ncc(Cl)cc2F)CC1. The Labute approximate surface area is 107 Å². The molecule has 1 fully saturated rings. The Morgan fingerprint density at radius 1 is 1.41 bits per heavy atom. The van der Waals surface area contributed by atoms with Crippen molar-refractivity contribution >= 4 is 17.4 Å². The van der Waals surface area contributed by atoms with Crippen LogP contribution >= 0.6 is 11.6 Å². The highest BCUT2D eigenvalue weighted by molar-refractivity contribution is 6.30. The van der Waals surface area contributed by atoms with Gasteiger partial charge in [-0.25, -0.2) is 9.37 Å². The van der Waals surface area contributed by atoms with Crippen molar-refractivity contribution in [3.05, 3.63) is 23.1 Å². The van der Waals surface area contributed by atoms with Gasteiger partial charge in [-0.3, -0.25) is 0 Å². The quantitative estimate of drug-likeness (QED) is 0.855. The molecule has 1 heterocycles. The van der Waals surface area contributed by atoms with Gasteiger partial charge in [-0.2, -0.15) is 0 Å². The minimum Gasteiger partial charge on any atom is -0.365 e. The van der Waals surface area contributed by atoms with Gasteiger partial charge in [-0.1, -0.05) is 25.4 Å². The fourth-order valence-corrected chi connectivity index (χ4v) is 2.40. The summed E-state index contributed by atoms with van der Waals surface area (Å²) in [6.45, 7) is 4.56. The molecule has 0 amide bonds. The van der Waals surface area contributed by atoms with E-state index in [-0.39, 0.29) is 5.82 Å². The summed E-state index contributed by atoms with van der Waals surface area (Å²) < 4.78 is 13.5. The van der Waals surface area contributed by atoms with E-state index in [0.29, 0.717) is 22.3 Å². The number of halogens is 2. The summed E-state index contributed by atoms with van der Waals surface area (Å²) in [5, 5.41) is 3.50. The molecule has 1 aromatic heterocycles. The fraction of sp³-hybridized carbons (Fsp3) is 0.615. The Balaban J connectivity index is 1.98. The van der Waals surface area contributed by atoms with E-state index >= 15 is 0 Å². The van der Waals surface area contributed by atoms with Gasteiger partial charge >= 0.3 is 0 Å². The second-order valence-electron chi connectivity index (χ2n) is 5.57. The molecule has 0 bridgehead atoms. The number of nitrogens with zero attached hydrogens (tertiary/aromatic N) is 1. The van der Waals surface area contributed by atoms with Crippen LogP contribution in [-0.4, -0.2) is 11.0 Å². The molecule has 0 atom stereocenters. The summed E-state index contributed by atoms with van der Waals surface area (Å²) in [5.41, 5.74) is 0.421. The lowest BCUT2D eigenvalue weighted by atomic mass is 9.75. The normalized spacial score (nSPS) is 20.2. The second-order valence-corrected chi connectivity index (χ2v) is 6.00. The minimum absolute atomic E-state index is 0.319. The molecule has 94 valence electrons. The first-order valence-corrected chi connectivity index (χ1v) is 6.42. The largest absolute Gasteiger partial charge is 0.365 e. The summed E-state index contributed by atoms with van der Waals surface area (Å²) in [4.78, 5) is 3.99. The topological polar surface area (TPSA) is 24.9 Å². The average molecular weight is 257 g/mol. The highest BCUT2D eigenvalue weighted by atomic mass is 35.5. The summed E-state index contributed by atoms with van der Waals surface area (Å²) in [5.74, 6) is -0.0542. The molecule has 1 saturated carbocycles. The molecular weight excluding hydrogens is 239 g/mol. The highest BCUT2D eigenvalue weighted by Gasteiger charge is 2.27. The molecule has 2 rings (SSSR count). The zero-order chi connectivity index (χ0) is 12.5. The van der Waals surface area contributed by atoms with Crippen LogP contribution < -0.4 is 5.32 Å². The van der Waals surface area contributed by atoms with Crippen molar-refractivity contribution in [3.8, 4) is 0 Å². The van der Waals surface area contributed by atoms with Gasteiger partial charge in [0.05, 0.1) is 5.02 Å². The van der Waals surface area contributed by atoms with E-state index in [1.54, 1.807) is 0 Å². The van der Waals surface area contributed by atoms with Crippen molar-refractivity contribution in [1.82, 2.24) is 4.98 Å². The summed E-state index contributed by atoms with van der Waals surface area (Å²) in [6, 6.07) is 1.62. The number of hydrogen-bond donors (Lipinski definition) is 1. The van der Waals surface area contributed by atoms with Crippen LogP contribution in [0.1, 0.15) is 39.5 Å². The van der Waals surface area contributed by atoms with Crippen LogP contribution in [0.3, 0.4) is 0 Å². The summed E-state index contributed by atoms with van der Waals surface area (Å²) >= 11 is 5.67. The summed E-state index contributed by atoms with van der Waals surface area (Å²) in [6.07, 6.45) is 5.94. The molecule has 0 aromatic carbocycles. The molecule has 0 aliphatic heterocycles. The number of aromatic nitrogens is 1. The monoisotopic (exact) mass is 256 g/mol. The molecule has 0 saturated heterocycles. The molecule has 1 aliphatic carbocycles. The first-order valence-electron chi connectivity index (χ1n) is 6.04. The van der Waals surface area contributed by atoms with Crippen molar-refractivity contribution < 1.29 is 4.39 Å². The van der Waals surface area contributed by atoms with E-state index in [4.69, 9.17) is 11.6 Å². The van der Waals surface area contributed by atoms with E-state index in [9.17, 15) is 4.39 Å². The number of pyridine rings is 1. The van der Waals surface area contributed by atoms with Gasteiger partial charge < -0.3 is 5.32 Å². The van der Waals surface area contributed by atoms with E-state index < -0.39 is 0 Å². The fourth-order valence-electron chi connectivity index (χ4n) is 2.26. The highest BCUT2D eigenvalue weighted by Crippen LogP contribution is 2.36. The molecule has 0 radical (unpaired) electrons.